The topological polar surface area (TPSA) is 78.4 Å². The van der Waals surface area contributed by atoms with Gasteiger partial charge in [0.25, 0.3) is 0 Å². The smallest absolute Gasteiger partial charge is 0.243 e. The molecule has 0 heterocycles. The number of halogens is 1. The largest absolute Gasteiger partial charge is 0.391 e. The van der Waals surface area contributed by atoms with Gasteiger partial charge in [-0.15, -0.1) is 11.6 Å². The molecule has 2 amide bonds. The minimum atomic E-state index is -0.839. The number of rotatable bonds is 8. The third kappa shape index (κ3) is 8.61. The van der Waals surface area contributed by atoms with Gasteiger partial charge >= 0.3 is 0 Å². The average Bonchev–Trinajstić information content (AvgIpc) is 2.57. The van der Waals surface area contributed by atoms with E-state index in [9.17, 15) is 14.7 Å². The second kappa shape index (κ2) is 10.3. The van der Waals surface area contributed by atoms with Crippen LogP contribution >= 0.6 is 11.6 Å². The molecule has 2 unspecified atom stereocenters. The molecule has 1 radical (unpaired) electrons. The summed E-state index contributed by atoms with van der Waals surface area (Å²) in [5, 5.41) is 16.4. The summed E-state index contributed by atoms with van der Waals surface area (Å²) in [6.45, 7) is 11.6. The fraction of sp³-hybridized carbons (Fsp3) is 0.591. The monoisotopic (exact) mass is 409 g/mol. The Morgan fingerprint density at radius 3 is 2.11 bits per heavy atom. The number of alkyl halides is 1. The SMILES string of the molecule is CC(C)(C)[CH]C(O)C(Cc1ccccc1)NC(=O)[C@@H](NC(=O)CCl)C(C)(C)C. The van der Waals surface area contributed by atoms with Crippen LogP contribution in [0.15, 0.2) is 30.3 Å². The van der Waals surface area contributed by atoms with Crippen molar-refractivity contribution in [2.45, 2.75) is 66.2 Å². The lowest BCUT2D eigenvalue weighted by molar-refractivity contribution is -0.131. The normalized spacial score (nSPS) is 15.4. The van der Waals surface area contributed by atoms with Gasteiger partial charge in [-0.05, 0) is 29.2 Å². The maximum atomic E-state index is 13.0. The van der Waals surface area contributed by atoms with E-state index in [-0.39, 0.29) is 17.2 Å². The first-order chi connectivity index (χ1) is 12.8. The zero-order valence-corrected chi connectivity index (χ0v) is 18.5. The van der Waals surface area contributed by atoms with Gasteiger partial charge in [0.15, 0.2) is 0 Å². The van der Waals surface area contributed by atoms with Gasteiger partial charge in [-0.2, -0.15) is 0 Å². The summed E-state index contributed by atoms with van der Waals surface area (Å²) >= 11 is 5.60. The van der Waals surface area contributed by atoms with Crippen LogP contribution in [0.5, 0.6) is 0 Å². The van der Waals surface area contributed by atoms with Crippen molar-refractivity contribution in [2.75, 3.05) is 5.88 Å². The molecule has 1 rings (SSSR count). The van der Waals surface area contributed by atoms with Crippen molar-refractivity contribution in [3.8, 4) is 0 Å². The number of aliphatic hydroxyl groups is 1. The van der Waals surface area contributed by atoms with Gasteiger partial charge in [-0.25, -0.2) is 0 Å². The zero-order valence-electron chi connectivity index (χ0n) is 17.8. The molecule has 3 N–H and O–H groups in total. The average molecular weight is 410 g/mol. The van der Waals surface area contributed by atoms with E-state index in [4.69, 9.17) is 11.6 Å². The molecule has 0 bridgehead atoms. The van der Waals surface area contributed by atoms with E-state index in [2.05, 4.69) is 10.6 Å². The fourth-order valence-corrected chi connectivity index (χ4v) is 2.97. The molecule has 1 aromatic carbocycles. The molecular formula is C22H34ClN2O3. The van der Waals surface area contributed by atoms with Crippen molar-refractivity contribution in [1.29, 1.82) is 0 Å². The van der Waals surface area contributed by atoms with Gasteiger partial charge in [0.05, 0.1) is 12.1 Å². The lowest BCUT2D eigenvalue weighted by atomic mass is 9.84. The summed E-state index contributed by atoms with van der Waals surface area (Å²) in [5.74, 6) is -0.959. The Bertz CT molecular complexity index is 635. The predicted molar refractivity (Wildman–Crippen MR) is 114 cm³/mol. The zero-order chi connectivity index (χ0) is 21.5. The molecule has 0 saturated heterocycles. The number of benzene rings is 1. The van der Waals surface area contributed by atoms with E-state index >= 15 is 0 Å². The number of hydrogen-bond donors (Lipinski definition) is 3. The van der Waals surface area contributed by atoms with Crippen LogP contribution < -0.4 is 10.6 Å². The number of carbonyl (C=O) groups is 2. The second-order valence-corrected chi connectivity index (χ2v) is 9.60. The van der Waals surface area contributed by atoms with Crippen LogP contribution in [0.2, 0.25) is 0 Å². The molecular weight excluding hydrogens is 376 g/mol. The standard InChI is InChI=1S/C22H34ClN2O3/c1-21(2,3)13-17(26)16(12-15-10-8-7-9-11-15)24-20(28)19(22(4,5)6)25-18(27)14-23/h7-11,13,16-17,19,26H,12,14H2,1-6H3,(H,24,28)(H,25,27)/t16?,17?,19-/m1/s1. The van der Waals surface area contributed by atoms with Crippen LogP contribution in [-0.2, 0) is 16.0 Å². The minimum Gasteiger partial charge on any atom is -0.391 e. The third-order valence-corrected chi connectivity index (χ3v) is 4.51. The van der Waals surface area contributed by atoms with Crippen molar-refractivity contribution in [3.05, 3.63) is 42.3 Å². The maximum Gasteiger partial charge on any atom is 0.243 e. The number of hydrogen-bond acceptors (Lipinski definition) is 3. The summed E-state index contributed by atoms with van der Waals surface area (Å²) < 4.78 is 0. The van der Waals surface area contributed by atoms with Crippen LogP contribution in [0.25, 0.3) is 0 Å². The number of nitrogens with one attached hydrogen (secondary N) is 2. The molecule has 0 aliphatic rings. The lowest BCUT2D eigenvalue weighted by Gasteiger charge is -2.34. The first-order valence-corrected chi connectivity index (χ1v) is 10.1. The Hall–Kier alpha value is -1.59. The van der Waals surface area contributed by atoms with E-state index in [0.29, 0.717) is 6.42 Å². The van der Waals surface area contributed by atoms with Gasteiger partial charge in [-0.1, -0.05) is 71.9 Å². The molecule has 1 aromatic rings. The van der Waals surface area contributed by atoms with E-state index < -0.39 is 29.5 Å². The third-order valence-electron chi connectivity index (χ3n) is 4.26. The summed E-state index contributed by atoms with van der Waals surface area (Å²) in [7, 11) is 0. The van der Waals surface area contributed by atoms with Crippen molar-refractivity contribution in [3.63, 3.8) is 0 Å². The van der Waals surface area contributed by atoms with Crippen LogP contribution in [0.4, 0.5) is 0 Å². The van der Waals surface area contributed by atoms with E-state index in [1.165, 1.54) is 0 Å². The van der Waals surface area contributed by atoms with Crippen LogP contribution in [0.1, 0.15) is 47.1 Å². The minimum absolute atomic E-state index is 0.213. The first kappa shape index (κ1) is 24.4. The van der Waals surface area contributed by atoms with Crippen LogP contribution in [-0.4, -0.2) is 41.0 Å². The van der Waals surface area contributed by atoms with E-state index in [1.807, 2.05) is 78.3 Å². The molecule has 0 aliphatic heterocycles. The number of carbonyl (C=O) groups excluding carboxylic acids is 2. The molecule has 0 saturated carbocycles. The summed E-state index contributed by atoms with van der Waals surface area (Å²) in [5.41, 5.74) is 0.281. The fourth-order valence-electron chi connectivity index (χ4n) is 2.89. The van der Waals surface area contributed by atoms with Gasteiger partial charge in [0.2, 0.25) is 11.8 Å². The molecule has 0 spiro atoms. The Kier molecular flexibility index (Phi) is 8.96. The summed E-state index contributed by atoms with van der Waals surface area (Å²) in [4.78, 5) is 24.8. The van der Waals surface area contributed by atoms with Crippen molar-refractivity contribution >= 4 is 23.4 Å². The quantitative estimate of drug-likeness (QED) is 0.577. The Morgan fingerprint density at radius 2 is 1.64 bits per heavy atom. The van der Waals surface area contributed by atoms with Crippen molar-refractivity contribution in [1.82, 2.24) is 10.6 Å². The first-order valence-electron chi connectivity index (χ1n) is 9.57. The highest BCUT2D eigenvalue weighted by Gasteiger charge is 2.35. The lowest BCUT2D eigenvalue weighted by Crippen LogP contribution is -2.58. The molecule has 5 nitrogen and oxygen atoms in total. The Labute approximate surface area is 174 Å². The number of aliphatic hydroxyl groups excluding tert-OH is 1. The molecule has 0 aromatic heterocycles. The van der Waals surface area contributed by atoms with Gasteiger partial charge < -0.3 is 15.7 Å². The second-order valence-electron chi connectivity index (χ2n) is 9.33. The molecule has 3 atom stereocenters. The van der Waals surface area contributed by atoms with Crippen molar-refractivity contribution < 1.29 is 14.7 Å². The summed E-state index contributed by atoms with van der Waals surface area (Å²) in [6.07, 6.45) is 1.46. The highest BCUT2D eigenvalue weighted by atomic mass is 35.5. The highest BCUT2D eigenvalue weighted by Crippen LogP contribution is 2.24. The highest BCUT2D eigenvalue weighted by molar-refractivity contribution is 6.27. The molecule has 6 heteroatoms. The van der Waals surface area contributed by atoms with Gasteiger partial charge in [-0.3, -0.25) is 9.59 Å². The molecule has 0 fully saturated rings. The predicted octanol–water partition coefficient (Wildman–Crippen LogP) is 3.09. The van der Waals surface area contributed by atoms with E-state index in [1.54, 1.807) is 0 Å². The molecule has 0 aliphatic carbocycles. The van der Waals surface area contributed by atoms with Crippen molar-refractivity contribution in [2.24, 2.45) is 10.8 Å². The van der Waals surface area contributed by atoms with E-state index in [0.717, 1.165) is 5.56 Å². The summed E-state index contributed by atoms with van der Waals surface area (Å²) in [6, 6.07) is 8.40. The van der Waals surface area contributed by atoms with Crippen LogP contribution in [0.3, 0.4) is 0 Å². The number of amides is 2. The Balaban J connectivity index is 3.04. The van der Waals surface area contributed by atoms with Gasteiger partial charge in [0.1, 0.15) is 11.9 Å². The molecule has 28 heavy (non-hydrogen) atoms. The maximum absolute atomic E-state index is 13.0. The molecule has 157 valence electrons. The Morgan fingerprint density at radius 1 is 1.07 bits per heavy atom. The van der Waals surface area contributed by atoms with Gasteiger partial charge in [0, 0.05) is 0 Å². The van der Waals surface area contributed by atoms with Crippen LogP contribution in [0, 0.1) is 17.3 Å².